The van der Waals surface area contributed by atoms with Gasteiger partial charge in [-0.25, -0.2) is 15.0 Å². The maximum atomic E-state index is 5.42. The van der Waals surface area contributed by atoms with E-state index in [4.69, 9.17) is 15.0 Å². The largest absolute Gasteiger partial charge is 0.247 e. The van der Waals surface area contributed by atoms with Crippen LogP contribution in [-0.2, 0) is 0 Å². The molecule has 10 rings (SSSR count). The van der Waals surface area contributed by atoms with Gasteiger partial charge < -0.3 is 0 Å². The predicted octanol–water partition coefficient (Wildman–Crippen LogP) is 13.4. The molecule has 4 heteroatoms. The van der Waals surface area contributed by atoms with E-state index in [2.05, 4.69) is 176 Å². The number of thiophene rings is 1. The molecule has 248 valence electrons. The van der Waals surface area contributed by atoms with E-state index in [0.717, 1.165) is 55.3 Å². The third kappa shape index (κ3) is 5.57. The molecule has 0 aliphatic rings. The summed E-state index contributed by atoms with van der Waals surface area (Å²) in [4.78, 5) is 17.1. The molecule has 0 aliphatic carbocycles. The third-order valence-corrected chi connectivity index (χ3v) is 11.2. The average Bonchev–Trinajstić information content (AvgIpc) is 3.65. The molecule has 3 nitrogen and oxygen atoms in total. The molecule has 0 spiro atoms. The summed E-state index contributed by atoms with van der Waals surface area (Å²) in [6.45, 7) is 0. The van der Waals surface area contributed by atoms with E-state index in [0.29, 0.717) is 5.82 Å². The Kier molecular flexibility index (Phi) is 7.67. The zero-order chi connectivity index (χ0) is 35.1. The highest BCUT2D eigenvalue weighted by Crippen LogP contribution is 2.50. The predicted molar refractivity (Wildman–Crippen MR) is 223 cm³/mol. The lowest BCUT2D eigenvalue weighted by Crippen LogP contribution is -1.96. The van der Waals surface area contributed by atoms with Gasteiger partial charge in [-0.2, -0.15) is 0 Å². The van der Waals surface area contributed by atoms with Crippen LogP contribution in [0.2, 0.25) is 0 Å². The van der Waals surface area contributed by atoms with Crippen LogP contribution in [0.3, 0.4) is 0 Å². The number of nitrogens with zero attached hydrogens (tertiary/aromatic N) is 3. The summed E-state index contributed by atoms with van der Waals surface area (Å²) in [5.41, 5.74) is 12.8. The molecule has 0 saturated carbocycles. The van der Waals surface area contributed by atoms with Crippen molar-refractivity contribution in [3.8, 4) is 66.6 Å². The van der Waals surface area contributed by atoms with E-state index in [1.165, 1.54) is 37.4 Å². The maximum Gasteiger partial charge on any atom is 0.160 e. The zero-order valence-corrected chi connectivity index (χ0v) is 29.5. The van der Waals surface area contributed by atoms with Crippen LogP contribution in [-0.4, -0.2) is 15.0 Å². The van der Waals surface area contributed by atoms with Gasteiger partial charge in [0.25, 0.3) is 0 Å². The van der Waals surface area contributed by atoms with Gasteiger partial charge >= 0.3 is 0 Å². The quantitative estimate of drug-likeness (QED) is 0.174. The van der Waals surface area contributed by atoms with Crippen LogP contribution in [0.5, 0.6) is 0 Å². The molecule has 0 N–H and O–H groups in total. The Hall–Kier alpha value is -6.75. The van der Waals surface area contributed by atoms with Crippen LogP contribution in [0.1, 0.15) is 0 Å². The summed E-state index contributed by atoms with van der Waals surface area (Å²) in [7, 11) is 0. The second-order valence-corrected chi connectivity index (χ2v) is 14.2. The Morgan fingerprint density at radius 1 is 0.340 bits per heavy atom. The molecule has 3 aromatic heterocycles. The normalized spacial score (nSPS) is 11.4. The minimum atomic E-state index is 0.691. The number of aromatic nitrogens is 3. The van der Waals surface area contributed by atoms with Crippen LogP contribution in [0, 0.1) is 0 Å². The Bertz CT molecular complexity index is 2900. The molecule has 10 aromatic rings. The first-order chi connectivity index (χ1) is 26.3. The Morgan fingerprint density at radius 2 is 0.849 bits per heavy atom. The van der Waals surface area contributed by atoms with Crippen molar-refractivity contribution in [2.75, 3.05) is 0 Å². The summed E-state index contributed by atoms with van der Waals surface area (Å²) in [6.07, 6.45) is 0. The minimum absolute atomic E-state index is 0.691. The summed E-state index contributed by atoms with van der Waals surface area (Å²) in [5.74, 6) is 0.691. The molecule has 3 heterocycles. The molecule has 0 aliphatic heterocycles. The summed E-state index contributed by atoms with van der Waals surface area (Å²) in [5, 5.41) is 3.28. The summed E-state index contributed by atoms with van der Waals surface area (Å²) >= 11 is 1.84. The van der Waals surface area contributed by atoms with Gasteiger partial charge in [-0.1, -0.05) is 164 Å². The number of rotatable bonds is 6. The van der Waals surface area contributed by atoms with E-state index in [-0.39, 0.29) is 0 Å². The van der Waals surface area contributed by atoms with Gasteiger partial charge in [0, 0.05) is 48.0 Å². The number of pyridine rings is 1. The fourth-order valence-electron chi connectivity index (χ4n) is 7.33. The average molecular weight is 694 g/mol. The van der Waals surface area contributed by atoms with E-state index in [1.807, 2.05) is 23.5 Å². The van der Waals surface area contributed by atoms with Crippen molar-refractivity contribution in [1.29, 1.82) is 0 Å². The molecular weight excluding hydrogens is 663 g/mol. The van der Waals surface area contributed by atoms with Gasteiger partial charge in [-0.05, 0) is 46.5 Å². The van der Waals surface area contributed by atoms with Gasteiger partial charge in [0.05, 0.1) is 22.4 Å². The van der Waals surface area contributed by atoms with Gasteiger partial charge in [0.2, 0.25) is 0 Å². The van der Waals surface area contributed by atoms with Gasteiger partial charge in [-0.15, -0.1) is 11.3 Å². The molecule has 0 bridgehead atoms. The first-order valence-electron chi connectivity index (χ1n) is 17.8. The van der Waals surface area contributed by atoms with Crippen molar-refractivity contribution in [2.45, 2.75) is 0 Å². The molecule has 53 heavy (non-hydrogen) atoms. The van der Waals surface area contributed by atoms with Crippen molar-refractivity contribution in [2.24, 2.45) is 0 Å². The fraction of sp³-hybridized carbons (Fsp3) is 0. The Balaban J connectivity index is 1.21. The van der Waals surface area contributed by atoms with Gasteiger partial charge in [-0.3, -0.25) is 0 Å². The topological polar surface area (TPSA) is 38.7 Å². The fourth-order valence-corrected chi connectivity index (χ4v) is 8.69. The highest BCUT2D eigenvalue weighted by molar-refractivity contribution is 7.24. The second-order valence-electron chi connectivity index (χ2n) is 13.2. The molecule has 0 unspecified atom stereocenters. The number of para-hydroxylation sites is 1. The molecule has 0 atom stereocenters. The van der Waals surface area contributed by atoms with Crippen LogP contribution in [0.15, 0.2) is 188 Å². The Labute approximate surface area is 311 Å². The molecule has 0 amide bonds. The summed E-state index contributed by atoms with van der Waals surface area (Å²) < 4.78 is 1.20. The van der Waals surface area contributed by atoms with E-state index in [1.54, 1.807) is 0 Å². The summed E-state index contributed by atoms with van der Waals surface area (Å²) in [6, 6.07) is 66.0. The van der Waals surface area contributed by atoms with Crippen LogP contribution in [0.4, 0.5) is 0 Å². The maximum absolute atomic E-state index is 5.42. The van der Waals surface area contributed by atoms with Crippen LogP contribution < -0.4 is 0 Å². The third-order valence-electron chi connectivity index (χ3n) is 9.89. The SMILES string of the molecule is c1ccc(-c2ccc(-c3nc(-c4ccc5nc(-c6ccccc6)c6c(-c7ccccc7)c(-c7ccccc7)sc6c5c4)nc4ccccc34)cc2)cc1. The zero-order valence-electron chi connectivity index (χ0n) is 28.6. The van der Waals surface area contributed by atoms with Gasteiger partial charge in [0.1, 0.15) is 0 Å². The highest BCUT2D eigenvalue weighted by Gasteiger charge is 2.23. The lowest BCUT2D eigenvalue weighted by atomic mass is 9.94. The molecular formula is C49H31N3S. The number of benzene rings is 7. The second kappa shape index (κ2) is 13.1. The van der Waals surface area contributed by atoms with Crippen molar-refractivity contribution >= 4 is 43.2 Å². The van der Waals surface area contributed by atoms with Crippen molar-refractivity contribution in [3.05, 3.63) is 188 Å². The van der Waals surface area contributed by atoms with E-state index in [9.17, 15) is 0 Å². The number of hydrogen-bond donors (Lipinski definition) is 0. The molecule has 0 fully saturated rings. The first kappa shape index (κ1) is 31.0. The van der Waals surface area contributed by atoms with Crippen LogP contribution >= 0.6 is 11.3 Å². The smallest absolute Gasteiger partial charge is 0.160 e. The van der Waals surface area contributed by atoms with Crippen molar-refractivity contribution in [3.63, 3.8) is 0 Å². The van der Waals surface area contributed by atoms with E-state index >= 15 is 0 Å². The molecule has 0 saturated heterocycles. The van der Waals surface area contributed by atoms with Crippen molar-refractivity contribution < 1.29 is 0 Å². The van der Waals surface area contributed by atoms with E-state index < -0.39 is 0 Å². The minimum Gasteiger partial charge on any atom is -0.247 e. The van der Waals surface area contributed by atoms with Crippen LogP contribution in [0.25, 0.3) is 98.5 Å². The van der Waals surface area contributed by atoms with Gasteiger partial charge in [0.15, 0.2) is 5.82 Å². The van der Waals surface area contributed by atoms with Crippen molar-refractivity contribution in [1.82, 2.24) is 15.0 Å². The standard InChI is InChI=1S/C49H31N3S/c1-5-15-32(16-6-1)33-25-27-36(28-26-33)45-39-23-13-14-24-41(39)51-49(52-45)38-29-30-42-40(31-38)48-44(46(50-42)35-19-9-3-10-20-35)43(34-17-7-2-8-18-34)47(53-48)37-21-11-4-12-22-37/h1-31H. The number of hydrogen-bond acceptors (Lipinski definition) is 4. The highest BCUT2D eigenvalue weighted by atomic mass is 32.1. The lowest BCUT2D eigenvalue weighted by molar-refractivity contribution is 1.23. The number of fused-ring (bicyclic) bond motifs is 4. The molecule has 7 aromatic carbocycles. The lowest BCUT2D eigenvalue weighted by Gasteiger charge is -2.12. The Morgan fingerprint density at radius 3 is 1.55 bits per heavy atom. The first-order valence-corrected chi connectivity index (χ1v) is 18.6. The molecule has 0 radical (unpaired) electrons. The monoisotopic (exact) mass is 693 g/mol.